The van der Waals surface area contributed by atoms with Crippen molar-refractivity contribution in [3.8, 4) is 11.5 Å². The van der Waals surface area contributed by atoms with Gasteiger partial charge < -0.3 is 19.7 Å². The van der Waals surface area contributed by atoms with E-state index in [1.54, 1.807) is 25.3 Å². The van der Waals surface area contributed by atoms with E-state index < -0.39 is 0 Å². The average Bonchev–Trinajstić information content (AvgIpc) is 2.54. The molecule has 1 fully saturated rings. The van der Waals surface area contributed by atoms with Crippen LogP contribution in [-0.2, 0) is 0 Å². The number of likely N-dealkylation sites (N-methyl/N-ethyl adjacent to an activating group) is 1. The van der Waals surface area contributed by atoms with E-state index in [4.69, 9.17) is 9.47 Å². The SMILES string of the molecule is CCOc1ccc(C(=O)N2CCCC(NC)C2)cc1OC. The van der Waals surface area contributed by atoms with Crippen molar-refractivity contribution in [1.29, 1.82) is 0 Å². The predicted octanol–water partition coefficient (Wildman–Crippen LogP) is 1.92. The summed E-state index contributed by atoms with van der Waals surface area (Å²) in [7, 11) is 3.53. The van der Waals surface area contributed by atoms with Gasteiger partial charge in [0, 0.05) is 24.7 Å². The fourth-order valence-corrected chi connectivity index (χ4v) is 2.66. The van der Waals surface area contributed by atoms with Crippen molar-refractivity contribution in [2.75, 3.05) is 33.9 Å². The highest BCUT2D eigenvalue weighted by molar-refractivity contribution is 5.95. The van der Waals surface area contributed by atoms with Crippen LogP contribution >= 0.6 is 0 Å². The minimum atomic E-state index is 0.0521. The number of nitrogens with zero attached hydrogens (tertiary/aromatic N) is 1. The summed E-state index contributed by atoms with van der Waals surface area (Å²) in [4.78, 5) is 14.5. The van der Waals surface area contributed by atoms with Gasteiger partial charge in [-0.2, -0.15) is 0 Å². The molecule has 116 valence electrons. The number of rotatable bonds is 5. The molecule has 1 atom stereocenters. The second-order valence-corrected chi connectivity index (χ2v) is 5.18. The summed E-state index contributed by atoms with van der Waals surface area (Å²) < 4.78 is 10.8. The number of carbonyl (C=O) groups excluding carboxylic acids is 1. The first-order valence-electron chi connectivity index (χ1n) is 7.47. The summed E-state index contributed by atoms with van der Waals surface area (Å²) >= 11 is 0. The number of hydrogen-bond acceptors (Lipinski definition) is 4. The lowest BCUT2D eigenvalue weighted by molar-refractivity contribution is 0.0698. The van der Waals surface area contributed by atoms with Crippen LogP contribution in [0.1, 0.15) is 30.1 Å². The molecule has 0 saturated carbocycles. The molecule has 0 bridgehead atoms. The minimum Gasteiger partial charge on any atom is -0.493 e. The largest absolute Gasteiger partial charge is 0.493 e. The van der Waals surface area contributed by atoms with Gasteiger partial charge in [-0.3, -0.25) is 4.79 Å². The van der Waals surface area contributed by atoms with E-state index in [9.17, 15) is 4.79 Å². The number of piperidine rings is 1. The molecule has 1 heterocycles. The van der Waals surface area contributed by atoms with Gasteiger partial charge in [-0.05, 0) is 45.0 Å². The number of benzene rings is 1. The van der Waals surface area contributed by atoms with E-state index in [-0.39, 0.29) is 5.91 Å². The van der Waals surface area contributed by atoms with Crippen LogP contribution < -0.4 is 14.8 Å². The maximum atomic E-state index is 12.6. The molecule has 1 N–H and O–H groups in total. The Morgan fingerprint density at radius 3 is 2.90 bits per heavy atom. The molecule has 1 aromatic rings. The van der Waals surface area contributed by atoms with Crippen LogP contribution in [0.3, 0.4) is 0 Å². The average molecular weight is 292 g/mol. The van der Waals surface area contributed by atoms with Crippen LogP contribution in [0.4, 0.5) is 0 Å². The third-order valence-electron chi connectivity index (χ3n) is 3.83. The lowest BCUT2D eigenvalue weighted by atomic mass is 10.0. The molecule has 0 aliphatic carbocycles. The molecule has 0 aromatic heterocycles. The molecule has 1 saturated heterocycles. The molecule has 5 nitrogen and oxygen atoms in total. The molecule has 2 rings (SSSR count). The molecule has 5 heteroatoms. The maximum Gasteiger partial charge on any atom is 0.254 e. The first-order valence-corrected chi connectivity index (χ1v) is 7.47. The van der Waals surface area contributed by atoms with Crippen molar-refractivity contribution in [3.05, 3.63) is 23.8 Å². The van der Waals surface area contributed by atoms with Gasteiger partial charge in [0.05, 0.1) is 13.7 Å². The number of likely N-dealkylation sites (tertiary alicyclic amines) is 1. The van der Waals surface area contributed by atoms with E-state index in [0.29, 0.717) is 29.7 Å². The normalized spacial score (nSPS) is 18.4. The third-order valence-corrected chi connectivity index (χ3v) is 3.83. The molecule has 1 unspecified atom stereocenters. The fourth-order valence-electron chi connectivity index (χ4n) is 2.66. The standard InChI is InChI=1S/C16H24N2O3/c1-4-21-14-8-7-12(10-15(14)20-3)16(19)18-9-5-6-13(11-18)17-2/h7-8,10,13,17H,4-6,9,11H2,1-3H3. The highest BCUT2D eigenvalue weighted by Crippen LogP contribution is 2.28. The van der Waals surface area contributed by atoms with Gasteiger partial charge in [-0.25, -0.2) is 0 Å². The molecule has 1 aliphatic heterocycles. The Labute approximate surface area is 126 Å². The molecule has 1 amide bonds. The molecular formula is C16H24N2O3. The summed E-state index contributed by atoms with van der Waals surface area (Å²) in [6.45, 7) is 4.06. The smallest absolute Gasteiger partial charge is 0.254 e. The lowest BCUT2D eigenvalue weighted by Crippen LogP contribution is -2.46. The van der Waals surface area contributed by atoms with Crippen LogP contribution in [0, 0.1) is 0 Å². The second kappa shape index (κ2) is 7.31. The number of hydrogen-bond donors (Lipinski definition) is 1. The highest BCUT2D eigenvalue weighted by Gasteiger charge is 2.24. The van der Waals surface area contributed by atoms with Crippen molar-refractivity contribution in [2.24, 2.45) is 0 Å². The van der Waals surface area contributed by atoms with Gasteiger partial charge in [0.15, 0.2) is 11.5 Å². The molecule has 0 spiro atoms. The Balaban J connectivity index is 2.15. The van der Waals surface area contributed by atoms with Crippen LogP contribution in [0.5, 0.6) is 11.5 Å². The zero-order chi connectivity index (χ0) is 15.2. The zero-order valence-electron chi connectivity index (χ0n) is 13.0. The van der Waals surface area contributed by atoms with Crippen molar-refractivity contribution in [1.82, 2.24) is 10.2 Å². The number of carbonyl (C=O) groups is 1. The van der Waals surface area contributed by atoms with Gasteiger partial charge in [0.2, 0.25) is 0 Å². The minimum absolute atomic E-state index is 0.0521. The molecule has 1 aromatic carbocycles. The van der Waals surface area contributed by atoms with Gasteiger partial charge in [0.1, 0.15) is 0 Å². The summed E-state index contributed by atoms with van der Waals surface area (Å²) in [6, 6.07) is 5.75. The van der Waals surface area contributed by atoms with Crippen molar-refractivity contribution >= 4 is 5.91 Å². The quantitative estimate of drug-likeness (QED) is 0.901. The Hall–Kier alpha value is -1.75. The molecule has 21 heavy (non-hydrogen) atoms. The second-order valence-electron chi connectivity index (χ2n) is 5.18. The third kappa shape index (κ3) is 3.67. The van der Waals surface area contributed by atoms with Crippen LogP contribution in [0.15, 0.2) is 18.2 Å². The van der Waals surface area contributed by atoms with Crippen LogP contribution in [-0.4, -0.2) is 50.7 Å². The van der Waals surface area contributed by atoms with Gasteiger partial charge >= 0.3 is 0 Å². The predicted molar refractivity (Wildman–Crippen MR) is 82.1 cm³/mol. The first kappa shape index (κ1) is 15.6. The monoisotopic (exact) mass is 292 g/mol. The topological polar surface area (TPSA) is 50.8 Å². The Kier molecular flexibility index (Phi) is 5.44. The zero-order valence-corrected chi connectivity index (χ0v) is 13.0. The maximum absolute atomic E-state index is 12.6. The number of nitrogens with one attached hydrogen (secondary N) is 1. The van der Waals surface area contributed by atoms with Gasteiger partial charge in [-0.1, -0.05) is 0 Å². The summed E-state index contributed by atoms with van der Waals surface area (Å²) in [5, 5.41) is 3.25. The van der Waals surface area contributed by atoms with Crippen molar-refractivity contribution in [2.45, 2.75) is 25.8 Å². The van der Waals surface area contributed by atoms with Crippen LogP contribution in [0.25, 0.3) is 0 Å². The Morgan fingerprint density at radius 1 is 1.43 bits per heavy atom. The van der Waals surface area contributed by atoms with Crippen LogP contribution in [0.2, 0.25) is 0 Å². The van der Waals surface area contributed by atoms with E-state index in [1.807, 2.05) is 18.9 Å². The number of methoxy groups -OCH3 is 1. The molecular weight excluding hydrogens is 268 g/mol. The van der Waals surface area contributed by atoms with E-state index >= 15 is 0 Å². The summed E-state index contributed by atoms with van der Waals surface area (Å²) in [5.41, 5.74) is 0.645. The summed E-state index contributed by atoms with van der Waals surface area (Å²) in [6.07, 6.45) is 2.15. The molecule has 0 radical (unpaired) electrons. The number of ether oxygens (including phenoxy) is 2. The molecule has 1 aliphatic rings. The van der Waals surface area contributed by atoms with Crippen molar-refractivity contribution < 1.29 is 14.3 Å². The first-order chi connectivity index (χ1) is 10.2. The van der Waals surface area contributed by atoms with Gasteiger partial charge in [-0.15, -0.1) is 0 Å². The van der Waals surface area contributed by atoms with E-state index in [0.717, 1.165) is 25.9 Å². The highest BCUT2D eigenvalue weighted by atomic mass is 16.5. The Bertz CT molecular complexity index is 490. The number of amides is 1. The van der Waals surface area contributed by atoms with E-state index in [2.05, 4.69) is 5.32 Å². The van der Waals surface area contributed by atoms with Gasteiger partial charge in [0.25, 0.3) is 5.91 Å². The lowest BCUT2D eigenvalue weighted by Gasteiger charge is -2.32. The van der Waals surface area contributed by atoms with E-state index in [1.165, 1.54) is 0 Å². The Morgan fingerprint density at radius 2 is 2.24 bits per heavy atom. The fraction of sp³-hybridized carbons (Fsp3) is 0.562. The van der Waals surface area contributed by atoms with Crippen molar-refractivity contribution in [3.63, 3.8) is 0 Å². The summed E-state index contributed by atoms with van der Waals surface area (Å²) in [5.74, 6) is 1.32.